The lowest BCUT2D eigenvalue weighted by molar-refractivity contribution is 0.346. The van der Waals surface area contributed by atoms with Crippen molar-refractivity contribution in [2.45, 2.75) is 33.9 Å². The fourth-order valence-electron chi connectivity index (χ4n) is 2.38. The number of nitrogens with one attached hydrogen (secondary N) is 1. The first kappa shape index (κ1) is 16.4. The summed E-state index contributed by atoms with van der Waals surface area (Å²) in [6.07, 6.45) is 0. The van der Waals surface area contributed by atoms with E-state index in [0.29, 0.717) is 5.92 Å². The van der Waals surface area contributed by atoms with Gasteiger partial charge in [-0.3, -0.25) is 0 Å². The van der Waals surface area contributed by atoms with Crippen LogP contribution in [0.5, 0.6) is 0 Å². The third-order valence-electron chi connectivity index (χ3n) is 3.65. The van der Waals surface area contributed by atoms with E-state index in [9.17, 15) is 4.39 Å². The molecule has 0 atom stereocenters. The van der Waals surface area contributed by atoms with E-state index in [1.54, 1.807) is 23.5 Å². The molecule has 2 nitrogen and oxygen atoms in total. The number of nitrogens with zero attached hydrogens (tertiary/aromatic N) is 1. The van der Waals surface area contributed by atoms with E-state index in [4.69, 9.17) is 0 Å². The van der Waals surface area contributed by atoms with E-state index < -0.39 is 0 Å². The molecule has 0 amide bonds. The predicted octanol–water partition coefficient (Wildman–Crippen LogP) is 4.24. The molecule has 116 valence electrons. The van der Waals surface area contributed by atoms with Crippen LogP contribution in [0.1, 0.15) is 31.2 Å². The molecule has 0 unspecified atom stereocenters. The van der Waals surface area contributed by atoms with E-state index >= 15 is 0 Å². The molecule has 0 aliphatic heterocycles. The Kier molecular flexibility index (Phi) is 5.73. The summed E-state index contributed by atoms with van der Waals surface area (Å²) < 4.78 is 15.3. The minimum Gasteiger partial charge on any atom is -0.312 e. The Hall–Kier alpha value is -0.970. The first-order valence-corrected chi connectivity index (χ1v) is 8.42. The second-order valence-corrected chi connectivity index (χ2v) is 7.11. The summed E-state index contributed by atoms with van der Waals surface area (Å²) in [7, 11) is 2.08. The Morgan fingerprint density at radius 2 is 2.10 bits per heavy atom. The zero-order valence-corrected chi connectivity index (χ0v) is 14.2. The molecule has 0 fully saturated rings. The Labute approximate surface area is 131 Å². The average Bonchev–Trinajstić information content (AvgIpc) is 2.77. The molecule has 21 heavy (non-hydrogen) atoms. The predicted molar refractivity (Wildman–Crippen MR) is 90.3 cm³/mol. The van der Waals surface area contributed by atoms with Crippen LogP contribution < -0.4 is 5.32 Å². The van der Waals surface area contributed by atoms with E-state index in [2.05, 4.69) is 38.0 Å². The van der Waals surface area contributed by atoms with Crippen molar-refractivity contribution in [3.8, 4) is 0 Å². The van der Waals surface area contributed by atoms with Crippen LogP contribution in [0.15, 0.2) is 18.2 Å². The van der Waals surface area contributed by atoms with Gasteiger partial charge in [0, 0.05) is 28.1 Å². The van der Waals surface area contributed by atoms with Crippen LogP contribution >= 0.6 is 11.3 Å². The quantitative estimate of drug-likeness (QED) is 0.823. The number of benzene rings is 1. The lowest BCUT2D eigenvalue weighted by atomic mass is 10.1. The van der Waals surface area contributed by atoms with Crippen LogP contribution in [0, 0.1) is 11.7 Å². The summed E-state index contributed by atoms with van der Waals surface area (Å²) in [4.78, 5) is 3.48. The monoisotopic (exact) mass is 308 g/mol. The minimum atomic E-state index is -0.0987. The SMILES string of the molecule is CCN(C)Cc1c(CNCC(C)C)sc2cccc(F)c12. The van der Waals surface area contributed by atoms with Crippen LogP contribution in [0.25, 0.3) is 10.1 Å². The van der Waals surface area contributed by atoms with Gasteiger partial charge in [0.15, 0.2) is 0 Å². The molecule has 1 aromatic heterocycles. The van der Waals surface area contributed by atoms with E-state index in [1.165, 1.54) is 4.88 Å². The Morgan fingerprint density at radius 1 is 1.33 bits per heavy atom. The van der Waals surface area contributed by atoms with Crippen molar-refractivity contribution < 1.29 is 4.39 Å². The molecular weight excluding hydrogens is 283 g/mol. The zero-order chi connectivity index (χ0) is 15.4. The van der Waals surface area contributed by atoms with Crippen molar-refractivity contribution >= 4 is 21.4 Å². The second-order valence-electron chi connectivity index (χ2n) is 5.97. The molecule has 0 spiro atoms. The number of hydrogen-bond donors (Lipinski definition) is 1. The number of fused-ring (bicyclic) bond motifs is 1. The lowest BCUT2D eigenvalue weighted by Gasteiger charge is -2.15. The number of halogens is 1. The first-order chi connectivity index (χ1) is 10.0. The van der Waals surface area contributed by atoms with Gasteiger partial charge in [0.1, 0.15) is 5.82 Å². The smallest absolute Gasteiger partial charge is 0.132 e. The molecule has 2 aromatic rings. The van der Waals surface area contributed by atoms with E-state index in [1.807, 2.05) is 6.07 Å². The fourth-order valence-corrected chi connectivity index (χ4v) is 3.58. The molecule has 0 aliphatic carbocycles. The first-order valence-electron chi connectivity index (χ1n) is 7.61. The molecule has 0 aliphatic rings. The summed E-state index contributed by atoms with van der Waals surface area (Å²) in [5.41, 5.74) is 1.15. The number of thiophene rings is 1. The van der Waals surface area contributed by atoms with Crippen molar-refractivity contribution in [1.29, 1.82) is 0 Å². The van der Waals surface area contributed by atoms with Gasteiger partial charge in [-0.05, 0) is 43.8 Å². The number of rotatable bonds is 7. The fraction of sp³-hybridized carbons (Fsp3) is 0.529. The zero-order valence-electron chi connectivity index (χ0n) is 13.4. The molecule has 0 radical (unpaired) electrons. The van der Waals surface area contributed by atoms with Gasteiger partial charge >= 0.3 is 0 Å². The maximum atomic E-state index is 14.2. The second kappa shape index (κ2) is 7.34. The summed E-state index contributed by atoms with van der Waals surface area (Å²) in [5.74, 6) is 0.524. The highest BCUT2D eigenvalue weighted by Gasteiger charge is 2.16. The molecule has 1 aromatic carbocycles. The van der Waals surface area contributed by atoms with Gasteiger partial charge in [0.05, 0.1) is 0 Å². The molecule has 2 rings (SSSR count). The van der Waals surface area contributed by atoms with Crippen LogP contribution in [0.2, 0.25) is 0 Å². The van der Waals surface area contributed by atoms with Gasteiger partial charge < -0.3 is 10.2 Å². The van der Waals surface area contributed by atoms with Crippen LogP contribution in [0.3, 0.4) is 0 Å². The summed E-state index contributed by atoms with van der Waals surface area (Å²) in [6, 6.07) is 5.38. The van der Waals surface area contributed by atoms with E-state index in [0.717, 1.165) is 41.8 Å². The van der Waals surface area contributed by atoms with Crippen molar-refractivity contribution in [2.24, 2.45) is 5.92 Å². The average molecular weight is 308 g/mol. The standard InChI is InChI=1S/C17H25FN2S/c1-5-20(4)11-13-16(10-19-9-12(2)3)21-15-8-6-7-14(18)17(13)15/h6-8,12,19H,5,9-11H2,1-4H3. The van der Waals surface area contributed by atoms with Gasteiger partial charge in [0.2, 0.25) is 0 Å². The molecule has 0 saturated heterocycles. The van der Waals surface area contributed by atoms with Crippen molar-refractivity contribution in [3.05, 3.63) is 34.5 Å². The molecule has 1 N–H and O–H groups in total. The van der Waals surface area contributed by atoms with Crippen LogP contribution in [-0.2, 0) is 13.1 Å². The minimum absolute atomic E-state index is 0.0987. The number of hydrogen-bond acceptors (Lipinski definition) is 3. The Balaban J connectivity index is 2.33. The van der Waals surface area contributed by atoms with Gasteiger partial charge in [-0.15, -0.1) is 11.3 Å². The molecular formula is C17H25FN2S. The maximum Gasteiger partial charge on any atom is 0.132 e. The van der Waals surface area contributed by atoms with Gasteiger partial charge in [-0.25, -0.2) is 4.39 Å². The van der Waals surface area contributed by atoms with Crippen molar-refractivity contribution in [1.82, 2.24) is 10.2 Å². The third kappa shape index (κ3) is 4.02. The van der Waals surface area contributed by atoms with Crippen molar-refractivity contribution in [2.75, 3.05) is 20.1 Å². The van der Waals surface area contributed by atoms with Gasteiger partial charge in [0.25, 0.3) is 0 Å². The molecule has 4 heteroatoms. The largest absolute Gasteiger partial charge is 0.312 e. The van der Waals surface area contributed by atoms with Gasteiger partial charge in [-0.1, -0.05) is 26.8 Å². The Morgan fingerprint density at radius 3 is 2.76 bits per heavy atom. The molecule has 0 saturated carbocycles. The summed E-state index contributed by atoms with van der Waals surface area (Å²) in [6.45, 7) is 10.1. The maximum absolute atomic E-state index is 14.2. The normalized spacial score (nSPS) is 12.0. The van der Waals surface area contributed by atoms with Crippen LogP contribution in [-0.4, -0.2) is 25.0 Å². The van der Waals surface area contributed by atoms with Crippen LogP contribution in [0.4, 0.5) is 4.39 Å². The van der Waals surface area contributed by atoms with Crippen molar-refractivity contribution in [3.63, 3.8) is 0 Å². The lowest BCUT2D eigenvalue weighted by Crippen LogP contribution is -2.21. The topological polar surface area (TPSA) is 15.3 Å². The molecule has 0 bridgehead atoms. The highest BCUT2D eigenvalue weighted by Crippen LogP contribution is 2.34. The Bertz CT molecular complexity index is 592. The highest BCUT2D eigenvalue weighted by atomic mass is 32.1. The highest BCUT2D eigenvalue weighted by molar-refractivity contribution is 7.19. The summed E-state index contributed by atoms with van der Waals surface area (Å²) >= 11 is 1.71. The van der Waals surface area contributed by atoms with E-state index in [-0.39, 0.29) is 5.82 Å². The van der Waals surface area contributed by atoms with Gasteiger partial charge in [-0.2, -0.15) is 0 Å². The third-order valence-corrected chi connectivity index (χ3v) is 4.85. The summed E-state index contributed by atoms with van der Waals surface area (Å²) in [5, 5.41) is 4.29. The molecule has 1 heterocycles.